The van der Waals surface area contributed by atoms with Gasteiger partial charge in [-0.25, -0.2) is 0 Å². The number of aromatic hydroxyl groups is 1. The number of phenolic OH excluding ortho intramolecular Hbond substituents is 1. The van der Waals surface area contributed by atoms with Crippen molar-refractivity contribution in [3.05, 3.63) is 46.5 Å². The van der Waals surface area contributed by atoms with Crippen LogP contribution in [0.25, 0.3) is 0 Å². The Hall–Kier alpha value is -2.25. The summed E-state index contributed by atoms with van der Waals surface area (Å²) in [6, 6.07) is 7.71. The van der Waals surface area contributed by atoms with Gasteiger partial charge in [0.2, 0.25) is 0 Å². The van der Waals surface area contributed by atoms with Crippen molar-refractivity contribution < 1.29 is 45.3 Å². The minimum Gasteiger partial charge on any atom is -0.504 e. The first-order chi connectivity index (χ1) is 15.3. The van der Waals surface area contributed by atoms with Gasteiger partial charge >= 0.3 is 0 Å². The van der Waals surface area contributed by atoms with E-state index in [0.29, 0.717) is 11.1 Å². The van der Waals surface area contributed by atoms with E-state index in [1.165, 1.54) is 26.4 Å². The minimum absolute atomic E-state index is 0.0798. The van der Waals surface area contributed by atoms with Crippen LogP contribution in [0, 0.1) is 0 Å². The first-order valence-electron chi connectivity index (χ1n) is 9.61. The van der Waals surface area contributed by atoms with Crippen LogP contribution in [0.5, 0.6) is 23.0 Å². The van der Waals surface area contributed by atoms with Crippen LogP contribution in [0.2, 0.25) is 5.02 Å². The van der Waals surface area contributed by atoms with Crippen molar-refractivity contribution in [2.45, 2.75) is 25.4 Å². The van der Waals surface area contributed by atoms with Crippen molar-refractivity contribution >= 4 is 31.8 Å². The maximum absolute atomic E-state index is 11.6. The number of benzene rings is 2. The van der Waals surface area contributed by atoms with Crippen LogP contribution in [0.1, 0.15) is 17.5 Å². The standard InChI is InChI=1S/C20H25ClO10S2/c1-29-16-7-3-5-14(19(16)22)11-15(12-33(26,27)28)31-17-9-8-13(18(21)20(17)30-2)6-4-10-32(23,24)25/h3,5,7-9,15,22H,4,6,10-12H2,1-2H3,(H,23,24,25)(H,26,27,28). The highest BCUT2D eigenvalue weighted by molar-refractivity contribution is 7.86. The largest absolute Gasteiger partial charge is 0.504 e. The zero-order valence-corrected chi connectivity index (χ0v) is 20.3. The Bertz CT molecular complexity index is 1180. The number of methoxy groups -OCH3 is 2. The highest BCUT2D eigenvalue weighted by Crippen LogP contribution is 2.39. The summed E-state index contributed by atoms with van der Waals surface area (Å²) in [7, 11) is -5.87. The SMILES string of the molecule is COc1cccc(CC(CS(=O)(=O)O)Oc2ccc(CCCS(=O)(=O)O)c(Cl)c2OC)c1O. The lowest BCUT2D eigenvalue weighted by Crippen LogP contribution is -2.29. The van der Waals surface area contributed by atoms with Gasteiger partial charge in [-0.15, -0.1) is 0 Å². The molecule has 0 amide bonds. The molecular weight excluding hydrogens is 500 g/mol. The van der Waals surface area contributed by atoms with E-state index in [2.05, 4.69) is 0 Å². The smallest absolute Gasteiger partial charge is 0.268 e. The molecule has 0 aliphatic carbocycles. The van der Waals surface area contributed by atoms with E-state index in [9.17, 15) is 26.5 Å². The highest BCUT2D eigenvalue weighted by atomic mass is 35.5. The first-order valence-corrected chi connectivity index (χ1v) is 13.2. The summed E-state index contributed by atoms with van der Waals surface area (Å²) in [5.74, 6) is -1.06. The van der Waals surface area contributed by atoms with E-state index >= 15 is 0 Å². The molecule has 0 saturated carbocycles. The van der Waals surface area contributed by atoms with Crippen molar-refractivity contribution in [3.8, 4) is 23.0 Å². The lowest BCUT2D eigenvalue weighted by Gasteiger charge is -2.22. The molecular formula is C20H25ClO10S2. The molecule has 0 bridgehead atoms. The molecule has 0 heterocycles. The van der Waals surface area contributed by atoms with Crippen LogP contribution >= 0.6 is 11.6 Å². The predicted octanol–water partition coefficient (Wildman–Crippen LogP) is 2.76. The van der Waals surface area contributed by atoms with Crippen LogP contribution in [-0.2, 0) is 33.1 Å². The highest BCUT2D eigenvalue weighted by Gasteiger charge is 2.24. The predicted molar refractivity (Wildman–Crippen MR) is 122 cm³/mol. The Morgan fingerprint density at radius 3 is 2.21 bits per heavy atom. The van der Waals surface area contributed by atoms with E-state index in [1.54, 1.807) is 18.2 Å². The average molecular weight is 525 g/mol. The van der Waals surface area contributed by atoms with Gasteiger partial charge in [-0.3, -0.25) is 9.11 Å². The number of ether oxygens (including phenoxy) is 3. The maximum Gasteiger partial charge on any atom is 0.268 e. The Morgan fingerprint density at radius 2 is 1.64 bits per heavy atom. The summed E-state index contributed by atoms with van der Waals surface area (Å²) in [5.41, 5.74) is 0.858. The number of hydrogen-bond donors (Lipinski definition) is 3. The molecule has 10 nitrogen and oxygen atoms in total. The molecule has 0 aromatic heterocycles. The van der Waals surface area contributed by atoms with Crippen LogP contribution in [-0.4, -0.2) is 62.9 Å². The van der Waals surface area contributed by atoms with E-state index in [-0.39, 0.29) is 47.3 Å². The molecule has 0 aliphatic rings. The van der Waals surface area contributed by atoms with E-state index in [0.717, 1.165) is 0 Å². The maximum atomic E-state index is 11.6. The molecule has 3 N–H and O–H groups in total. The molecule has 2 rings (SSSR count). The number of halogens is 1. The van der Waals surface area contributed by atoms with E-state index in [1.807, 2.05) is 0 Å². The number of hydrogen-bond acceptors (Lipinski definition) is 8. The monoisotopic (exact) mass is 524 g/mol. The quantitative estimate of drug-likeness (QED) is 0.352. The van der Waals surface area contributed by atoms with Crippen molar-refractivity contribution in [2.75, 3.05) is 25.7 Å². The normalized spacial score (nSPS) is 12.9. The van der Waals surface area contributed by atoms with Crippen molar-refractivity contribution in [2.24, 2.45) is 0 Å². The van der Waals surface area contributed by atoms with Crippen LogP contribution < -0.4 is 14.2 Å². The van der Waals surface area contributed by atoms with E-state index < -0.39 is 37.8 Å². The Morgan fingerprint density at radius 1 is 0.939 bits per heavy atom. The molecule has 184 valence electrons. The molecule has 2 aromatic carbocycles. The van der Waals surface area contributed by atoms with Gasteiger partial charge in [0.25, 0.3) is 20.2 Å². The number of aryl methyl sites for hydroxylation is 1. The van der Waals surface area contributed by atoms with Gasteiger partial charge in [-0.2, -0.15) is 16.8 Å². The van der Waals surface area contributed by atoms with Crippen molar-refractivity contribution in [1.82, 2.24) is 0 Å². The summed E-state index contributed by atoms with van der Waals surface area (Å²) >= 11 is 6.36. The van der Waals surface area contributed by atoms with Gasteiger partial charge < -0.3 is 19.3 Å². The first kappa shape index (κ1) is 27.0. The van der Waals surface area contributed by atoms with Gasteiger partial charge in [-0.05, 0) is 30.5 Å². The summed E-state index contributed by atoms with van der Waals surface area (Å²) in [5, 5.41) is 10.4. The van der Waals surface area contributed by atoms with Crippen LogP contribution in [0.15, 0.2) is 30.3 Å². The molecule has 1 atom stereocenters. The summed E-state index contributed by atoms with van der Waals surface area (Å²) in [6.07, 6.45) is -0.892. The fraction of sp³-hybridized carbons (Fsp3) is 0.400. The van der Waals surface area contributed by atoms with Crippen molar-refractivity contribution in [3.63, 3.8) is 0 Å². The average Bonchev–Trinajstić information content (AvgIpc) is 2.69. The van der Waals surface area contributed by atoms with Crippen LogP contribution in [0.4, 0.5) is 0 Å². The fourth-order valence-corrected chi connectivity index (χ4v) is 4.68. The van der Waals surface area contributed by atoms with Gasteiger partial charge in [0.1, 0.15) is 11.9 Å². The fourth-order valence-electron chi connectivity index (χ4n) is 3.19. The molecule has 0 spiro atoms. The molecule has 33 heavy (non-hydrogen) atoms. The number of para-hydroxylation sites is 1. The zero-order chi connectivity index (χ0) is 24.8. The molecule has 0 fully saturated rings. The van der Waals surface area contributed by atoms with Gasteiger partial charge in [-0.1, -0.05) is 29.8 Å². The third-order valence-corrected chi connectivity index (χ3v) is 6.65. The Labute approximate surface area is 197 Å². The molecule has 0 aliphatic heterocycles. The Balaban J connectivity index is 2.32. The topological polar surface area (TPSA) is 157 Å². The van der Waals surface area contributed by atoms with Crippen LogP contribution in [0.3, 0.4) is 0 Å². The number of phenols is 1. The second-order valence-corrected chi connectivity index (χ2v) is 10.6. The van der Waals surface area contributed by atoms with Gasteiger partial charge in [0.15, 0.2) is 23.0 Å². The van der Waals surface area contributed by atoms with Crippen molar-refractivity contribution in [1.29, 1.82) is 0 Å². The third-order valence-electron chi connectivity index (χ3n) is 4.63. The lowest BCUT2D eigenvalue weighted by molar-refractivity contribution is 0.210. The lowest BCUT2D eigenvalue weighted by atomic mass is 10.1. The van der Waals surface area contributed by atoms with Gasteiger partial charge in [0, 0.05) is 12.0 Å². The minimum atomic E-state index is -4.45. The molecule has 13 heteroatoms. The second-order valence-electron chi connectivity index (χ2n) is 7.12. The third kappa shape index (κ3) is 8.23. The summed E-state index contributed by atoms with van der Waals surface area (Å²) in [4.78, 5) is 0. The Kier molecular flexibility index (Phi) is 9.20. The molecule has 1 unspecified atom stereocenters. The second kappa shape index (κ2) is 11.3. The molecule has 0 radical (unpaired) electrons. The molecule has 0 saturated heterocycles. The summed E-state index contributed by atoms with van der Waals surface area (Å²) in [6.45, 7) is 0. The summed E-state index contributed by atoms with van der Waals surface area (Å²) < 4.78 is 79.4. The zero-order valence-electron chi connectivity index (χ0n) is 17.9. The molecule has 2 aromatic rings. The van der Waals surface area contributed by atoms with Gasteiger partial charge in [0.05, 0.1) is 25.0 Å². The van der Waals surface area contributed by atoms with E-state index in [4.69, 9.17) is 30.4 Å². The number of rotatable bonds is 12.